The number of benzene rings is 8. The lowest BCUT2D eigenvalue weighted by Crippen LogP contribution is -2.17. The molecule has 12 nitrogen and oxygen atoms in total. The topological polar surface area (TPSA) is 142 Å². The van der Waals surface area contributed by atoms with E-state index in [0.717, 1.165) is 90.4 Å². The molecule has 0 bridgehead atoms. The zero-order valence-corrected chi connectivity index (χ0v) is 53.8. The Hall–Kier alpha value is -7.36. The van der Waals surface area contributed by atoms with Gasteiger partial charge in [-0.25, -0.2) is 89.4 Å². The second kappa shape index (κ2) is 30.6. The normalized spacial score (nSPS) is 11.1. The van der Waals surface area contributed by atoms with Crippen LogP contribution in [-0.4, -0.2) is 50.3 Å². The third-order valence-electron chi connectivity index (χ3n) is 12.7. The van der Waals surface area contributed by atoms with Gasteiger partial charge in [-0.15, -0.1) is 0 Å². The lowest BCUT2D eigenvalue weighted by molar-refractivity contribution is -0.148. The van der Waals surface area contributed by atoms with E-state index in [-0.39, 0.29) is 56.4 Å². The number of esters is 4. The lowest BCUT2D eigenvalue weighted by Gasteiger charge is -2.18. The van der Waals surface area contributed by atoms with E-state index in [1.165, 1.54) is 84.9 Å². The predicted octanol–water partition coefficient (Wildman–Crippen LogP) is 15.8. The second-order valence-corrected chi connectivity index (χ2v) is 22.8. The fraction of sp³-hybridized carbons (Fsp3) is 0.133. The van der Waals surface area contributed by atoms with Gasteiger partial charge in [0.2, 0.25) is 0 Å². The van der Waals surface area contributed by atoms with Gasteiger partial charge in [0, 0.05) is 11.1 Å². The van der Waals surface area contributed by atoms with Gasteiger partial charge in [0.15, 0.2) is 120 Å². The molecular weight excluding hydrogens is 1720 g/mol. The molecule has 0 unspecified atom stereocenters. The summed E-state index contributed by atoms with van der Waals surface area (Å²) in [6, 6.07) is 19.2. The van der Waals surface area contributed by atoms with Gasteiger partial charge in [-0.05, 0) is 161 Å². The van der Waals surface area contributed by atoms with Crippen molar-refractivity contribution in [2.24, 2.45) is 0 Å². The molecule has 0 spiro atoms. The smallest absolute Gasteiger partial charge is 0.344 e. The Morgan fingerprint density at radius 2 is 0.511 bits per heavy atom. The van der Waals surface area contributed by atoms with E-state index in [1.54, 1.807) is 0 Å². The van der Waals surface area contributed by atoms with Crippen LogP contribution in [0.15, 0.2) is 84.9 Å². The first-order valence-electron chi connectivity index (χ1n) is 25.2. The number of hydrogen-bond acceptors (Lipinski definition) is 12. The average molecular weight is 1750 g/mol. The van der Waals surface area contributed by atoms with Crippen molar-refractivity contribution in [2.45, 2.75) is 26.4 Å². The first-order chi connectivity index (χ1) is 43.6. The number of carbonyl (C=O) groups is 4. The molecule has 482 valence electrons. The van der Waals surface area contributed by atoms with Gasteiger partial charge in [-0.1, -0.05) is 36.4 Å². The minimum absolute atomic E-state index is 0.0497. The summed E-state index contributed by atoms with van der Waals surface area (Å²) in [5, 5.41) is 0. The molecule has 0 fully saturated rings. The maximum Gasteiger partial charge on any atom is 0.344 e. The van der Waals surface area contributed by atoms with Crippen molar-refractivity contribution in [1.82, 2.24) is 0 Å². The Labute approximate surface area is 560 Å². The van der Waals surface area contributed by atoms with Crippen LogP contribution >= 0.6 is 90.4 Å². The molecule has 0 aromatic heterocycles. The van der Waals surface area contributed by atoms with Gasteiger partial charge in [0.1, 0.15) is 49.4 Å². The highest BCUT2D eigenvalue weighted by Crippen LogP contribution is 2.42. The van der Waals surface area contributed by atoms with Gasteiger partial charge in [-0.3, -0.25) is 0 Å². The van der Waals surface area contributed by atoms with Crippen LogP contribution in [0.25, 0.3) is 33.4 Å². The molecule has 8 aromatic rings. The molecule has 0 radical (unpaired) electrons. The molecule has 0 aliphatic heterocycles. The maximum atomic E-state index is 14.8. The van der Waals surface area contributed by atoms with Crippen molar-refractivity contribution in [2.75, 3.05) is 26.4 Å². The Bertz CT molecular complexity index is 3890. The highest BCUT2D eigenvalue weighted by molar-refractivity contribution is 14.1. The molecule has 0 atom stereocenters. The van der Waals surface area contributed by atoms with E-state index in [2.05, 4.69) is 0 Å². The van der Waals surface area contributed by atoms with Crippen LogP contribution in [0.4, 0.5) is 70.2 Å². The summed E-state index contributed by atoms with van der Waals surface area (Å²) < 4.78 is 269. The van der Waals surface area contributed by atoms with Crippen LogP contribution in [0, 0.1) is 107 Å². The van der Waals surface area contributed by atoms with Crippen LogP contribution in [0.5, 0.6) is 23.0 Å². The van der Waals surface area contributed by atoms with E-state index >= 15 is 0 Å². The third kappa shape index (κ3) is 15.8. The van der Waals surface area contributed by atoms with Crippen molar-refractivity contribution < 1.29 is 127 Å². The average Bonchev–Trinajstić information content (AvgIpc) is 0.861. The zero-order valence-electron chi connectivity index (χ0n) is 45.2. The number of rotatable bonds is 23. The Balaban J connectivity index is 1.10. The van der Waals surface area contributed by atoms with E-state index in [0.29, 0.717) is 0 Å². The minimum atomic E-state index is -1.87. The first kappa shape index (κ1) is 70.5. The van der Waals surface area contributed by atoms with E-state index in [4.69, 9.17) is 37.9 Å². The molecule has 0 amide bonds. The quantitative estimate of drug-likeness (QED) is 0.0150. The molecule has 8 aromatic carbocycles. The summed E-state index contributed by atoms with van der Waals surface area (Å²) in [7, 11) is 0. The summed E-state index contributed by atoms with van der Waals surface area (Å²) >= 11 is 4.11. The number of carbonyl (C=O) groups excluding carboxylic acids is 4. The van der Waals surface area contributed by atoms with Crippen molar-refractivity contribution in [1.29, 1.82) is 0 Å². The lowest BCUT2D eigenvalue weighted by atomic mass is 9.96. The molecule has 92 heavy (non-hydrogen) atoms. The SMILES string of the molecule is O=C(COc1cccc(-c2ccc(-c3ccc(-c4cccc(OCC(=O)OCc5c(F)c(F)c(I)c(F)c5F)c4)cc3OCC(=O)OCc3c(F)c(F)c(I)c(F)c3F)c(OCC(=O)OCc3c(F)c(F)c(I)c(F)c3F)c2)c1)OCc1c(F)c(F)c(I)c(F)c1F. The van der Waals surface area contributed by atoms with Crippen LogP contribution < -0.4 is 18.9 Å². The van der Waals surface area contributed by atoms with Gasteiger partial charge in [-0.2, -0.15) is 0 Å². The first-order valence-corrected chi connectivity index (χ1v) is 29.6. The van der Waals surface area contributed by atoms with Crippen LogP contribution in [0.3, 0.4) is 0 Å². The number of halogens is 20. The summed E-state index contributed by atoms with van der Waals surface area (Å²) in [5.41, 5.74) is -4.29. The van der Waals surface area contributed by atoms with Crippen molar-refractivity contribution >= 4 is 114 Å². The zero-order chi connectivity index (χ0) is 67.2. The molecule has 8 rings (SSSR count). The summed E-state index contributed by atoms with van der Waals surface area (Å²) in [5.74, 6) is -34.8. The molecule has 0 N–H and O–H groups in total. The van der Waals surface area contributed by atoms with Gasteiger partial charge in [0.25, 0.3) is 0 Å². The van der Waals surface area contributed by atoms with Gasteiger partial charge >= 0.3 is 23.9 Å². The molecule has 0 saturated carbocycles. The summed E-state index contributed by atoms with van der Waals surface area (Å²) in [6.07, 6.45) is 0. The molecular formula is C60H30F16I4O12. The van der Waals surface area contributed by atoms with Crippen LogP contribution in [0.2, 0.25) is 0 Å². The molecule has 32 heteroatoms. The van der Waals surface area contributed by atoms with Crippen LogP contribution in [0.1, 0.15) is 22.3 Å². The Kier molecular flexibility index (Phi) is 23.4. The van der Waals surface area contributed by atoms with E-state index in [1.807, 2.05) is 0 Å². The summed E-state index contributed by atoms with van der Waals surface area (Å²) in [4.78, 5) is 51.7. The van der Waals surface area contributed by atoms with E-state index < -0.39 is 206 Å². The molecule has 0 heterocycles. The predicted molar refractivity (Wildman–Crippen MR) is 320 cm³/mol. The highest BCUT2D eigenvalue weighted by Gasteiger charge is 2.30. The Morgan fingerprint density at radius 3 is 0.761 bits per heavy atom. The molecule has 0 aliphatic carbocycles. The second-order valence-electron chi connectivity index (χ2n) is 18.5. The summed E-state index contributed by atoms with van der Waals surface area (Å²) in [6.45, 7) is -9.33. The minimum Gasteiger partial charge on any atom is -0.482 e. The van der Waals surface area contributed by atoms with Crippen molar-refractivity contribution in [3.05, 3.63) is 215 Å². The third-order valence-corrected chi connectivity index (χ3v) is 16.5. The number of ether oxygens (including phenoxy) is 8. The van der Waals surface area contributed by atoms with Gasteiger partial charge < -0.3 is 37.9 Å². The molecule has 0 aliphatic rings. The van der Waals surface area contributed by atoms with Gasteiger partial charge in [0.05, 0.1) is 36.5 Å². The fourth-order valence-corrected chi connectivity index (χ4v) is 9.96. The standard InChI is InChI=1S/C60H30F16I4O12/c61-41-31(42(62)50(70)57(77)49(41)69)15-89-37(81)19-85-27-5-1-3-23(11-27)25-7-9-29(35(13-25)87-21-39(83)91-17-33-45(65)53(73)59(79)54(74)46(33)66)30-10-8-26(14-36(30)88-22-40(84)92-18-34-47(67)55(75)60(80)56(76)48(34)68)24-4-2-6-28(12-24)86-20-38(82)90-16-32-43(63)51(71)58(78)52(72)44(32)64/h1-14H,15-22H2. The largest absolute Gasteiger partial charge is 0.482 e. The fourth-order valence-electron chi connectivity index (χ4n) is 8.06. The van der Waals surface area contributed by atoms with E-state index in [9.17, 15) is 89.4 Å². The highest BCUT2D eigenvalue weighted by atomic mass is 127. The Morgan fingerprint density at radius 1 is 0.283 bits per heavy atom. The van der Waals surface area contributed by atoms with Crippen LogP contribution in [-0.2, 0) is 64.6 Å². The monoisotopic (exact) mass is 1750 g/mol. The number of hydrogen-bond donors (Lipinski definition) is 0. The van der Waals surface area contributed by atoms with Crippen molar-refractivity contribution in [3.8, 4) is 56.4 Å². The maximum absolute atomic E-state index is 14.8. The molecule has 0 saturated heterocycles. The van der Waals surface area contributed by atoms with Crippen molar-refractivity contribution in [3.63, 3.8) is 0 Å².